The number of piperidine rings is 1. The van der Waals surface area contributed by atoms with Gasteiger partial charge in [0.15, 0.2) is 0 Å². The number of carbonyl (C=O) groups is 1. The Kier molecular flexibility index (Phi) is 6.25. The van der Waals surface area contributed by atoms with Gasteiger partial charge in [-0.15, -0.1) is 0 Å². The maximum atomic E-state index is 12.8. The summed E-state index contributed by atoms with van der Waals surface area (Å²) in [5.41, 5.74) is 2.37. The fourth-order valence-electron chi connectivity index (χ4n) is 3.74. The van der Waals surface area contributed by atoms with E-state index >= 15 is 0 Å². The second-order valence-electron chi connectivity index (χ2n) is 7.76. The van der Waals surface area contributed by atoms with Gasteiger partial charge in [0.1, 0.15) is 11.5 Å². The molecule has 3 aromatic rings. The van der Waals surface area contributed by atoms with Crippen LogP contribution in [-0.2, 0) is 16.6 Å². The lowest BCUT2D eigenvalue weighted by Gasteiger charge is -2.25. The molecule has 1 aliphatic heterocycles. The molecule has 1 saturated heterocycles. The minimum atomic E-state index is -3.43. The van der Waals surface area contributed by atoms with Crippen LogP contribution in [0.4, 0.5) is 0 Å². The Balaban J connectivity index is 1.42. The number of rotatable bonds is 6. The van der Waals surface area contributed by atoms with E-state index in [0.29, 0.717) is 35.9 Å². The van der Waals surface area contributed by atoms with Crippen LogP contribution in [0, 0.1) is 6.92 Å². The molecule has 162 valence electrons. The van der Waals surface area contributed by atoms with Gasteiger partial charge in [0.05, 0.1) is 11.4 Å². The van der Waals surface area contributed by atoms with E-state index in [4.69, 9.17) is 4.42 Å². The second kappa shape index (κ2) is 9.08. The first-order valence-electron chi connectivity index (χ1n) is 10.5. The van der Waals surface area contributed by atoms with Gasteiger partial charge in [0.25, 0.3) is 5.91 Å². The maximum absolute atomic E-state index is 12.8. The zero-order chi connectivity index (χ0) is 21.8. The number of nitrogens with zero attached hydrogens (tertiary/aromatic N) is 1. The molecule has 0 atom stereocenters. The molecule has 0 bridgehead atoms. The van der Waals surface area contributed by atoms with Gasteiger partial charge in [-0.3, -0.25) is 4.79 Å². The summed E-state index contributed by atoms with van der Waals surface area (Å²) in [4.78, 5) is 12.7. The van der Waals surface area contributed by atoms with E-state index in [0.717, 1.165) is 36.1 Å². The number of furan rings is 1. The van der Waals surface area contributed by atoms with Crippen LogP contribution in [0.3, 0.4) is 0 Å². The first-order chi connectivity index (χ1) is 14.9. The summed E-state index contributed by atoms with van der Waals surface area (Å²) in [6.45, 7) is 3.38. The standard InChI is InChI=1S/C24H26N2O4S/c1-18-5-12-22(30-18)17-25-24(27)21-8-6-19(7-9-21)20-10-13-23(14-11-20)31(28,29)26-15-3-2-4-16-26/h5-14H,2-4,15-17H2,1H3,(H,25,27). The second-order valence-corrected chi connectivity index (χ2v) is 9.70. The minimum absolute atomic E-state index is 0.177. The van der Waals surface area contributed by atoms with E-state index in [9.17, 15) is 13.2 Å². The third kappa shape index (κ3) is 4.89. The number of carbonyl (C=O) groups excluding carboxylic acids is 1. The van der Waals surface area contributed by atoms with Crippen molar-refractivity contribution in [3.63, 3.8) is 0 Å². The highest BCUT2D eigenvalue weighted by molar-refractivity contribution is 7.89. The normalized spacial score (nSPS) is 15.0. The molecular formula is C24H26N2O4S. The molecule has 1 amide bonds. The first kappa shape index (κ1) is 21.3. The average Bonchev–Trinajstić information content (AvgIpc) is 3.23. The number of hydrogen-bond donors (Lipinski definition) is 1. The van der Waals surface area contributed by atoms with Crippen molar-refractivity contribution in [1.29, 1.82) is 0 Å². The van der Waals surface area contributed by atoms with E-state index in [-0.39, 0.29) is 5.91 Å². The molecule has 0 radical (unpaired) electrons. The molecule has 4 rings (SSSR count). The molecule has 1 aromatic heterocycles. The monoisotopic (exact) mass is 438 g/mol. The van der Waals surface area contributed by atoms with Crippen molar-refractivity contribution in [2.75, 3.05) is 13.1 Å². The lowest BCUT2D eigenvalue weighted by atomic mass is 10.0. The number of aryl methyl sites for hydroxylation is 1. The van der Waals surface area contributed by atoms with E-state index in [1.165, 1.54) is 0 Å². The van der Waals surface area contributed by atoms with Gasteiger partial charge in [0.2, 0.25) is 10.0 Å². The molecule has 1 fully saturated rings. The van der Waals surface area contributed by atoms with Crippen LogP contribution in [0.5, 0.6) is 0 Å². The van der Waals surface area contributed by atoms with Crippen molar-refractivity contribution >= 4 is 15.9 Å². The third-order valence-corrected chi connectivity index (χ3v) is 7.42. The first-order valence-corrected chi connectivity index (χ1v) is 11.9. The maximum Gasteiger partial charge on any atom is 0.251 e. The molecule has 1 N–H and O–H groups in total. The summed E-state index contributed by atoms with van der Waals surface area (Å²) in [7, 11) is -3.43. The zero-order valence-electron chi connectivity index (χ0n) is 17.5. The molecule has 31 heavy (non-hydrogen) atoms. The van der Waals surface area contributed by atoms with E-state index in [2.05, 4.69) is 5.32 Å². The molecule has 1 aliphatic rings. The fourth-order valence-corrected chi connectivity index (χ4v) is 5.25. The summed E-state index contributed by atoms with van der Waals surface area (Å²) in [5.74, 6) is 1.34. The molecule has 2 heterocycles. The molecule has 0 unspecified atom stereocenters. The lowest BCUT2D eigenvalue weighted by molar-refractivity contribution is 0.0948. The lowest BCUT2D eigenvalue weighted by Crippen LogP contribution is -2.35. The smallest absolute Gasteiger partial charge is 0.251 e. The largest absolute Gasteiger partial charge is 0.465 e. The van der Waals surface area contributed by atoms with Gasteiger partial charge < -0.3 is 9.73 Å². The molecule has 6 nitrogen and oxygen atoms in total. The van der Waals surface area contributed by atoms with Crippen LogP contribution in [0.15, 0.2) is 70.0 Å². The van der Waals surface area contributed by atoms with Crippen LogP contribution in [0.25, 0.3) is 11.1 Å². The Morgan fingerprint density at radius 2 is 1.52 bits per heavy atom. The predicted octanol–water partition coefficient (Wildman–Crippen LogP) is 4.36. The molecule has 2 aromatic carbocycles. The number of sulfonamides is 1. The Hall–Kier alpha value is -2.90. The Morgan fingerprint density at radius 1 is 0.903 bits per heavy atom. The van der Waals surface area contributed by atoms with Crippen molar-refractivity contribution < 1.29 is 17.6 Å². The zero-order valence-corrected chi connectivity index (χ0v) is 18.3. The Morgan fingerprint density at radius 3 is 2.10 bits per heavy atom. The van der Waals surface area contributed by atoms with Crippen molar-refractivity contribution in [3.05, 3.63) is 77.7 Å². The molecule has 0 saturated carbocycles. The van der Waals surface area contributed by atoms with Gasteiger partial charge in [-0.05, 0) is 67.3 Å². The van der Waals surface area contributed by atoms with Crippen molar-refractivity contribution in [2.45, 2.75) is 37.6 Å². The predicted molar refractivity (Wildman–Crippen MR) is 119 cm³/mol. The highest BCUT2D eigenvalue weighted by atomic mass is 32.2. The summed E-state index contributed by atoms with van der Waals surface area (Å²) >= 11 is 0. The van der Waals surface area contributed by atoms with Crippen LogP contribution in [-0.4, -0.2) is 31.7 Å². The number of nitrogens with one attached hydrogen (secondary N) is 1. The number of hydrogen-bond acceptors (Lipinski definition) is 4. The van der Waals surface area contributed by atoms with Crippen LogP contribution < -0.4 is 5.32 Å². The minimum Gasteiger partial charge on any atom is -0.465 e. The summed E-state index contributed by atoms with van der Waals surface area (Å²) in [6.07, 6.45) is 2.91. The molecule has 7 heteroatoms. The van der Waals surface area contributed by atoms with Gasteiger partial charge in [-0.1, -0.05) is 30.7 Å². The summed E-state index contributed by atoms with van der Waals surface area (Å²) < 4.78 is 32.6. The summed E-state index contributed by atoms with van der Waals surface area (Å²) in [5, 5.41) is 2.84. The number of benzene rings is 2. The van der Waals surface area contributed by atoms with Gasteiger partial charge in [0, 0.05) is 18.7 Å². The van der Waals surface area contributed by atoms with Gasteiger partial charge >= 0.3 is 0 Å². The van der Waals surface area contributed by atoms with E-state index in [1.54, 1.807) is 28.6 Å². The van der Waals surface area contributed by atoms with Crippen LogP contribution >= 0.6 is 0 Å². The van der Waals surface area contributed by atoms with Gasteiger partial charge in [-0.2, -0.15) is 4.31 Å². The Labute approximate surface area is 182 Å². The Bertz CT molecular complexity index is 1140. The van der Waals surface area contributed by atoms with Gasteiger partial charge in [-0.25, -0.2) is 8.42 Å². The van der Waals surface area contributed by atoms with Crippen LogP contribution in [0.1, 0.15) is 41.1 Å². The fraction of sp³-hybridized carbons (Fsp3) is 0.292. The average molecular weight is 439 g/mol. The van der Waals surface area contributed by atoms with Crippen molar-refractivity contribution in [2.24, 2.45) is 0 Å². The highest BCUT2D eigenvalue weighted by Gasteiger charge is 2.25. The topological polar surface area (TPSA) is 79.6 Å². The van der Waals surface area contributed by atoms with Crippen LogP contribution in [0.2, 0.25) is 0 Å². The molecular weight excluding hydrogens is 412 g/mol. The quantitative estimate of drug-likeness (QED) is 0.620. The van der Waals surface area contributed by atoms with Crippen molar-refractivity contribution in [1.82, 2.24) is 9.62 Å². The summed E-state index contributed by atoms with van der Waals surface area (Å²) in [6, 6.07) is 17.9. The van der Waals surface area contributed by atoms with E-state index < -0.39 is 10.0 Å². The SMILES string of the molecule is Cc1ccc(CNC(=O)c2ccc(-c3ccc(S(=O)(=O)N4CCCCC4)cc3)cc2)o1. The van der Waals surface area contributed by atoms with Crippen molar-refractivity contribution in [3.8, 4) is 11.1 Å². The third-order valence-electron chi connectivity index (χ3n) is 5.51. The molecule has 0 spiro atoms. The number of amides is 1. The van der Waals surface area contributed by atoms with E-state index in [1.807, 2.05) is 43.3 Å². The highest BCUT2D eigenvalue weighted by Crippen LogP contribution is 2.25. The molecule has 0 aliphatic carbocycles.